The quantitative estimate of drug-likeness (QED) is 0.213. The predicted molar refractivity (Wildman–Crippen MR) is 117 cm³/mol. The summed E-state index contributed by atoms with van der Waals surface area (Å²) in [6, 6.07) is 4.68. The molecule has 0 radical (unpaired) electrons. The normalized spacial score (nSPS) is 11.3. The molecule has 16 heteroatoms. The van der Waals surface area contributed by atoms with Crippen molar-refractivity contribution in [2.24, 2.45) is 0 Å². The van der Waals surface area contributed by atoms with Crippen LogP contribution in [0, 0.1) is 40.5 Å². The number of benzene rings is 2. The van der Waals surface area contributed by atoms with Gasteiger partial charge in [0.1, 0.15) is 17.4 Å². The van der Waals surface area contributed by atoms with Crippen LogP contribution in [0.1, 0.15) is 19.3 Å². The zero-order chi connectivity index (χ0) is 25.4. The first kappa shape index (κ1) is 25.4. The van der Waals surface area contributed by atoms with Crippen molar-refractivity contribution in [1.82, 2.24) is 0 Å². The largest absolute Gasteiger partial charge is 0.480 e. The van der Waals surface area contributed by atoms with Crippen LogP contribution in [0.4, 0.5) is 34.1 Å². The third-order valence-electron chi connectivity index (χ3n) is 4.64. The molecule has 2 aromatic rings. The molecule has 2 rings (SSSR count). The molecule has 0 bridgehead atoms. The minimum absolute atomic E-state index is 0.0213. The second kappa shape index (κ2) is 11.1. The summed E-state index contributed by atoms with van der Waals surface area (Å²) in [7, 11) is 0. The maximum absolute atomic E-state index is 11.6. The van der Waals surface area contributed by atoms with Gasteiger partial charge in [0, 0.05) is 18.7 Å². The summed E-state index contributed by atoms with van der Waals surface area (Å²) in [5.41, 5.74) is -2.21. The maximum atomic E-state index is 11.6. The Labute approximate surface area is 189 Å². The molecule has 180 valence electrons. The molecule has 0 saturated heterocycles. The number of nitrogens with zero attached hydrogens (tertiary/aromatic N) is 4. The molecule has 0 aliphatic carbocycles. The van der Waals surface area contributed by atoms with Crippen molar-refractivity contribution in [3.8, 4) is 0 Å². The summed E-state index contributed by atoms with van der Waals surface area (Å²) in [6.07, 6.45) is 0.661. The lowest BCUT2D eigenvalue weighted by Crippen LogP contribution is -2.29. The topological polar surface area (TPSA) is 234 Å². The van der Waals surface area contributed by atoms with E-state index < -0.39 is 54.5 Å². The van der Waals surface area contributed by atoms with Gasteiger partial charge in [-0.1, -0.05) is 0 Å². The number of rotatable bonds is 13. The van der Waals surface area contributed by atoms with Gasteiger partial charge in [0.05, 0.1) is 31.8 Å². The molecule has 1 atom stereocenters. The van der Waals surface area contributed by atoms with E-state index in [2.05, 4.69) is 10.6 Å². The number of carbonyl (C=O) groups is 1. The highest BCUT2D eigenvalue weighted by molar-refractivity contribution is 5.79. The molecule has 0 unspecified atom stereocenters. The van der Waals surface area contributed by atoms with E-state index in [1.165, 1.54) is 6.07 Å². The van der Waals surface area contributed by atoms with Crippen LogP contribution in [0.2, 0.25) is 0 Å². The van der Waals surface area contributed by atoms with Crippen LogP contribution >= 0.6 is 0 Å². The minimum atomic E-state index is -1.30. The molecule has 3 N–H and O–H groups in total. The zero-order valence-electron chi connectivity index (χ0n) is 17.3. The predicted octanol–water partition coefficient (Wildman–Crippen LogP) is 3.47. The Morgan fingerprint density at radius 2 is 1.29 bits per heavy atom. The molecule has 0 spiro atoms. The number of non-ortho nitro benzene ring substituents is 2. The van der Waals surface area contributed by atoms with Crippen molar-refractivity contribution in [3.63, 3.8) is 0 Å². The number of unbranched alkanes of at least 4 members (excludes halogenated alkanes) is 1. The summed E-state index contributed by atoms with van der Waals surface area (Å²) >= 11 is 0. The SMILES string of the molecule is O=C(O)[C@H](CCCCNc1ccc([N+](=O)[O-])cc1[N+](=O)[O-])Nc1ccc([N+](=O)[O-])cc1[N+](=O)[O-]. The van der Waals surface area contributed by atoms with Crippen molar-refractivity contribution >= 4 is 40.1 Å². The Morgan fingerprint density at radius 3 is 1.76 bits per heavy atom. The fourth-order valence-corrected chi connectivity index (χ4v) is 2.98. The van der Waals surface area contributed by atoms with Gasteiger partial charge in [-0.3, -0.25) is 40.5 Å². The lowest BCUT2D eigenvalue weighted by molar-refractivity contribution is -0.393. The zero-order valence-corrected chi connectivity index (χ0v) is 17.3. The van der Waals surface area contributed by atoms with Crippen LogP contribution in [0.25, 0.3) is 0 Å². The molecule has 0 amide bonds. The van der Waals surface area contributed by atoms with Crippen LogP contribution in [0.3, 0.4) is 0 Å². The number of nitro benzene ring substituents is 4. The average Bonchev–Trinajstić information content (AvgIpc) is 2.77. The molecule has 0 fully saturated rings. The van der Waals surface area contributed by atoms with E-state index in [-0.39, 0.29) is 24.3 Å². The molecule has 16 nitrogen and oxygen atoms in total. The van der Waals surface area contributed by atoms with Crippen molar-refractivity contribution in [2.75, 3.05) is 17.2 Å². The number of hydrogen-bond acceptors (Lipinski definition) is 11. The van der Waals surface area contributed by atoms with E-state index in [0.29, 0.717) is 12.8 Å². The van der Waals surface area contributed by atoms with Gasteiger partial charge >= 0.3 is 5.97 Å². The van der Waals surface area contributed by atoms with Gasteiger partial charge in [0.15, 0.2) is 0 Å². The summed E-state index contributed by atoms with van der Waals surface area (Å²) in [5.74, 6) is -1.30. The first-order valence-corrected chi connectivity index (χ1v) is 9.60. The van der Waals surface area contributed by atoms with E-state index in [4.69, 9.17) is 0 Å². The van der Waals surface area contributed by atoms with Gasteiger partial charge in [-0.15, -0.1) is 0 Å². The fraction of sp³-hybridized carbons (Fsp3) is 0.278. The van der Waals surface area contributed by atoms with Gasteiger partial charge in [0.2, 0.25) is 0 Å². The standard InChI is InChI=1S/C18H18N6O10/c25-18(26)15(20-14-7-5-12(22(29)30)10-17(14)24(33)34)3-1-2-8-19-13-6-4-11(21(27)28)9-16(13)23(31)32/h4-7,9-10,15,19-20H,1-3,8H2,(H,25,26)/t15-/m0/s1. The molecule has 0 aliphatic heterocycles. The molecule has 0 aromatic heterocycles. The Morgan fingerprint density at radius 1 is 0.794 bits per heavy atom. The number of aliphatic carboxylic acids is 1. The van der Waals surface area contributed by atoms with Gasteiger partial charge < -0.3 is 15.7 Å². The van der Waals surface area contributed by atoms with Crippen LogP contribution in [0.5, 0.6) is 0 Å². The average molecular weight is 478 g/mol. The Bertz CT molecular complexity index is 1140. The Kier molecular flexibility index (Phi) is 8.30. The van der Waals surface area contributed by atoms with Gasteiger partial charge in [-0.2, -0.15) is 0 Å². The molecule has 0 heterocycles. The Hall–Kier alpha value is -4.89. The van der Waals surface area contributed by atoms with Gasteiger partial charge in [0.25, 0.3) is 22.7 Å². The van der Waals surface area contributed by atoms with Crippen LogP contribution in [0.15, 0.2) is 36.4 Å². The summed E-state index contributed by atoms with van der Waals surface area (Å²) in [5, 5.41) is 58.7. The molecule has 2 aromatic carbocycles. The van der Waals surface area contributed by atoms with Crippen molar-refractivity contribution in [1.29, 1.82) is 0 Å². The van der Waals surface area contributed by atoms with E-state index in [9.17, 15) is 50.4 Å². The second-order valence-corrected chi connectivity index (χ2v) is 6.89. The van der Waals surface area contributed by atoms with Crippen molar-refractivity contribution in [2.45, 2.75) is 25.3 Å². The smallest absolute Gasteiger partial charge is 0.326 e. The molecular formula is C18H18N6O10. The second-order valence-electron chi connectivity index (χ2n) is 6.89. The number of nitrogens with one attached hydrogen (secondary N) is 2. The van der Waals surface area contributed by atoms with Crippen molar-refractivity contribution in [3.05, 3.63) is 76.9 Å². The number of carboxylic acid groups (broad SMARTS) is 1. The van der Waals surface area contributed by atoms with Crippen LogP contribution in [-0.2, 0) is 4.79 Å². The van der Waals surface area contributed by atoms with E-state index in [1.807, 2.05) is 0 Å². The third-order valence-corrected chi connectivity index (χ3v) is 4.64. The number of nitro groups is 4. The lowest BCUT2D eigenvalue weighted by Gasteiger charge is -2.16. The van der Waals surface area contributed by atoms with Crippen molar-refractivity contribution < 1.29 is 29.6 Å². The van der Waals surface area contributed by atoms with Crippen LogP contribution in [-0.4, -0.2) is 43.4 Å². The maximum Gasteiger partial charge on any atom is 0.326 e. The van der Waals surface area contributed by atoms with E-state index >= 15 is 0 Å². The third kappa shape index (κ3) is 6.55. The summed E-state index contributed by atoms with van der Waals surface area (Å²) < 4.78 is 0. The first-order chi connectivity index (χ1) is 16.0. The Balaban J connectivity index is 1.99. The summed E-state index contributed by atoms with van der Waals surface area (Å²) in [4.78, 5) is 52.3. The van der Waals surface area contributed by atoms with Gasteiger partial charge in [-0.25, -0.2) is 4.79 Å². The molecule has 0 aliphatic rings. The number of carboxylic acids is 1. The highest BCUT2D eigenvalue weighted by atomic mass is 16.6. The van der Waals surface area contributed by atoms with Gasteiger partial charge in [-0.05, 0) is 31.4 Å². The lowest BCUT2D eigenvalue weighted by atomic mass is 10.1. The van der Waals surface area contributed by atoms with Crippen LogP contribution < -0.4 is 10.6 Å². The first-order valence-electron chi connectivity index (χ1n) is 9.60. The molecule has 34 heavy (non-hydrogen) atoms. The monoisotopic (exact) mass is 478 g/mol. The molecular weight excluding hydrogens is 460 g/mol. The number of anilines is 2. The highest BCUT2D eigenvalue weighted by Crippen LogP contribution is 2.31. The minimum Gasteiger partial charge on any atom is -0.480 e. The number of hydrogen-bond donors (Lipinski definition) is 3. The van der Waals surface area contributed by atoms with E-state index in [1.54, 1.807) is 0 Å². The summed E-state index contributed by atoms with van der Waals surface area (Å²) in [6.45, 7) is 0.183. The molecule has 0 saturated carbocycles. The van der Waals surface area contributed by atoms with E-state index in [0.717, 1.165) is 30.3 Å². The highest BCUT2D eigenvalue weighted by Gasteiger charge is 2.24. The fourth-order valence-electron chi connectivity index (χ4n) is 2.98.